The minimum Gasteiger partial charge on any atom is -0.391 e. The summed E-state index contributed by atoms with van der Waals surface area (Å²) in [7, 11) is 0. The fraction of sp³-hybridized carbons (Fsp3) is 0.812. The first-order chi connectivity index (χ1) is 9.75. The number of carbonyl (C=O) groups excluding carboxylic acids is 1. The second kappa shape index (κ2) is 6.27. The molecule has 112 valence electrons. The summed E-state index contributed by atoms with van der Waals surface area (Å²) in [6.07, 6.45) is 10.4. The topological polar surface area (TPSA) is 43.8 Å². The average Bonchev–Trinajstić information content (AvgIpc) is 2.94. The van der Waals surface area contributed by atoms with Crippen LogP contribution in [0.1, 0.15) is 38.5 Å². The number of hydrogen-bond donors (Lipinski definition) is 1. The average molecular weight is 278 g/mol. The van der Waals surface area contributed by atoms with Gasteiger partial charge in [0.1, 0.15) is 0 Å². The van der Waals surface area contributed by atoms with Gasteiger partial charge in [-0.1, -0.05) is 12.2 Å². The van der Waals surface area contributed by atoms with Gasteiger partial charge in [-0.2, -0.15) is 0 Å². The first kappa shape index (κ1) is 14.1. The second-order valence-corrected chi connectivity index (χ2v) is 6.41. The normalized spacial score (nSPS) is 35.5. The van der Waals surface area contributed by atoms with Gasteiger partial charge in [-0.25, -0.2) is 0 Å². The lowest BCUT2D eigenvalue weighted by atomic mass is 9.93. The SMILES string of the molecule is O=C([C@@H]1CC=CCC1)N1CCN([C@@H]2CCC[C@@H]2O)CC1. The Morgan fingerprint density at radius 2 is 1.85 bits per heavy atom. The van der Waals surface area contributed by atoms with Crippen LogP contribution < -0.4 is 0 Å². The van der Waals surface area contributed by atoms with Crippen molar-refractivity contribution in [3.05, 3.63) is 12.2 Å². The number of piperazine rings is 1. The highest BCUT2D eigenvalue weighted by molar-refractivity contribution is 5.79. The number of nitrogens with zero attached hydrogens (tertiary/aromatic N) is 2. The summed E-state index contributed by atoms with van der Waals surface area (Å²) >= 11 is 0. The highest BCUT2D eigenvalue weighted by atomic mass is 16.3. The molecule has 0 aromatic heterocycles. The van der Waals surface area contributed by atoms with Gasteiger partial charge in [-0.05, 0) is 38.5 Å². The van der Waals surface area contributed by atoms with Crippen LogP contribution >= 0.6 is 0 Å². The van der Waals surface area contributed by atoms with E-state index in [1.54, 1.807) is 0 Å². The first-order valence-electron chi connectivity index (χ1n) is 8.11. The van der Waals surface area contributed by atoms with Crippen LogP contribution in [-0.4, -0.2) is 59.1 Å². The molecule has 0 bridgehead atoms. The molecule has 4 nitrogen and oxygen atoms in total. The number of allylic oxidation sites excluding steroid dienone is 2. The van der Waals surface area contributed by atoms with Crippen molar-refractivity contribution in [1.29, 1.82) is 0 Å². The van der Waals surface area contributed by atoms with Crippen molar-refractivity contribution in [3.63, 3.8) is 0 Å². The summed E-state index contributed by atoms with van der Waals surface area (Å²) in [6.45, 7) is 3.52. The van der Waals surface area contributed by atoms with E-state index in [-0.39, 0.29) is 12.0 Å². The molecule has 0 radical (unpaired) electrons. The van der Waals surface area contributed by atoms with Gasteiger partial charge < -0.3 is 10.0 Å². The lowest BCUT2D eigenvalue weighted by Crippen LogP contribution is -2.54. The van der Waals surface area contributed by atoms with Crippen molar-refractivity contribution in [1.82, 2.24) is 9.80 Å². The highest BCUT2D eigenvalue weighted by Crippen LogP contribution is 2.26. The van der Waals surface area contributed by atoms with Crippen LogP contribution in [0.3, 0.4) is 0 Å². The molecule has 2 aliphatic carbocycles. The second-order valence-electron chi connectivity index (χ2n) is 6.41. The lowest BCUT2D eigenvalue weighted by Gasteiger charge is -2.40. The largest absolute Gasteiger partial charge is 0.391 e. The molecule has 1 heterocycles. The summed E-state index contributed by atoms with van der Waals surface area (Å²) in [4.78, 5) is 16.9. The summed E-state index contributed by atoms with van der Waals surface area (Å²) < 4.78 is 0. The Bertz CT molecular complexity index is 375. The molecule has 1 N–H and O–H groups in total. The number of amides is 1. The van der Waals surface area contributed by atoms with Gasteiger partial charge in [0.05, 0.1) is 6.10 Å². The van der Waals surface area contributed by atoms with Crippen molar-refractivity contribution >= 4 is 5.91 Å². The zero-order valence-electron chi connectivity index (χ0n) is 12.2. The van der Waals surface area contributed by atoms with Crippen LogP contribution in [0.15, 0.2) is 12.2 Å². The standard InChI is InChI=1S/C16H26N2O2/c19-15-8-4-7-14(15)17-9-11-18(12-10-17)16(20)13-5-2-1-3-6-13/h1-2,13-15,19H,3-12H2/t13-,14-,15+/m1/s1. The van der Waals surface area contributed by atoms with Crippen LogP contribution in [0.5, 0.6) is 0 Å². The smallest absolute Gasteiger partial charge is 0.226 e. The molecule has 3 atom stereocenters. The van der Waals surface area contributed by atoms with E-state index >= 15 is 0 Å². The fourth-order valence-electron chi connectivity index (χ4n) is 3.90. The zero-order valence-corrected chi connectivity index (χ0v) is 12.2. The molecule has 0 aromatic carbocycles. The first-order valence-corrected chi connectivity index (χ1v) is 8.11. The number of rotatable bonds is 2. The predicted octanol–water partition coefficient (Wildman–Crippen LogP) is 1.40. The summed E-state index contributed by atoms with van der Waals surface area (Å²) in [5, 5.41) is 9.99. The highest BCUT2D eigenvalue weighted by Gasteiger charge is 2.34. The fourth-order valence-corrected chi connectivity index (χ4v) is 3.90. The van der Waals surface area contributed by atoms with E-state index < -0.39 is 0 Å². The third-order valence-electron chi connectivity index (χ3n) is 5.16. The summed E-state index contributed by atoms with van der Waals surface area (Å²) in [5.41, 5.74) is 0. The molecule has 1 saturated carbocycles. The maximum atomic E-state index is 12.5. The predicted molar refractivity (Wildman–Crippen MR) is 78.3 cm³/mol. The Morgan fingerprint density at radius 3 is 2.45 bits per heavy atom. The minimum absolute atomic E-state index is 0.152. The van der Waals surface area contributed by atoms with E-state index in [2.05, 4.69) is 17.1 Å². The van der Waals surface area contributed by atoms with Gasteiger partial charge in [0.2, 0.25) is 5.91 Å². The zero-order chi connectivity index (χ0) is 13.9. The van der Waals surface area contributed by atoms with Gasteiger partial charge in [0.15, 0.2) is 0 Å². The number of carbonyl (C=O) groups is 1. The van der Waals surface area contributed by atoms with Crippen molar-refractivity contribution in [2.45, 2.75) is 50.7 Å². The van der Waals surface area contributed by atoms with Gasteiger partial charge in [0, 0.05) is 38.1 Å². The molecule has 3 aliphatic rings. The third kappa shape index (κ3) is 2.91. The number of hydrogen-bond acceptors (Lipinski definition) is 3. The van der Waals surface area contributed by atoms with Crippen LogP contribution in [0.2, 0.25) is 0 Å². The van der Waals surface area contributed by atoms with Crippen molar-refractivity contribution in [2.75, 3.05) is 26.2 Å². The number of aliphatic hydroxyl groups excluding tert-OH is 1. The minimum atomic E-state index is -0.152. The van der Waals surface area contributed by atoms with Crippen LogP contribution in [-0.2, 0) is 4.79 Å². The Hall–Kier alpha value is -0.870. The molecule has 20 heavy (non-hydrogen) atoms. The molecule has 1 saturated heterocycles. The Morgan fingerprint density at radius 1 is 1.05 bits per heavy atom. The van der Waals surface area contributed by atoms with Gasteiger partial charge >= 0.3 is 0 Å². The maximum Gasteiger partial charge on any atom is 0.226 e. The Labute approximate surface area is 121 Å². The van der Waals surface area contributed by atoms with Crippen molar-refractivity contribution < 1.29 is 9.90 Å². The molecule has 1 aliphatic heterocycles. The molecule has 1 amide bonds. The molecule has 0 unspecified atom stereocenters. The molecule has 3 rings (SSSR count). The maximum absolute atomic E-state index is 12.5. The van der Waals surface area contributed by atoms with E-state index in [0.717, 1.165) is 64.7 Å². The van der Waals surface area contributed by atoms with Gasteiger partial charge in [0.25, 0.3) is 0 Å². The van der Waals surface area contributed by atoms with Crippen LogP contribution in [0.4, 0.5) is 0 Å². The summed E-state index contributed by atoms with van der Waals surface area (Å²) in [5.74, 6) is 0.560. The van der Waals surface area contributed by atoms with E-state index in [1.165, 1.54) is 0 Å². The van der Waals surface area contributed by atoms with E-state index in [4.69, 9.17) is 0 Å². The Balaban J connectivity index is 1.50. The van der Waals surface area contributed by atoms with Crippen molar-refractivity contribution in [3.8, 4) is 0 Å². The molecule has 2 fully saturated rings. The monoisotopic (exact) mass is 278 g/mol. The van der Waals surface area contributed by atoms with Crippen LogP contribution in [0, 0.1) is 5.92 Å². The van der Waals surface area contributed by atoms with Gasteiger partial charge in [-0.3, -0.25) is 9.69 Å². The van der Waals surface area contributed by atoms with E-state index in [1.807, 2.05) is 4.90 Å². The molecule has 0 spiro atoms. The molecule has 4 heteroatoms. The summed E-state index contributed by atoms with van der Waals surface area (Å²) in [6, 6.07) is 0.338. The molecular formula is C16H26N2O2. The molecular weight excluding hydrogens is 252 g/mol. The number of aliphatic hydroxyl groups is 1. The van der Waals surface area contributed by atoms with E-state index in [9.17, 15) is 9.90 Å². The quantitative estimate of drug-likeness (QED) is 0.777. The van der Waals surface area contributed by atoms with Crippen molar-refractivity contribution in [2.24, 2.45) is 5.92 Å². The molecule has 0 aromatic rings. The third-order valence-corrected chi connectivity index (χ3v) is 5.16. The van der Waals surface area contributed by atoms with Crippen LogP contribution in [0.25, 0.3) is 0 Å². The van der Waals surface area contributed by atoms with Gasteiger partial charge in [-0.15, -0.1) is 0 Å². The Kier molecular flexibility index (Phi) is 4.41. The lowest BCUT2D eigenvalue weighted by molar-refractivity contribution is -0.138. The van der Waals surface area contributed by atoms with E-state index in [0.29, 0.717) is 11.9 Å².